The van der Waals surface area contributed by atoms with E-state index in [1.807, 2.05) is 60.7 Å². The fraction of sp³-hybridized carbons (Fsp3) is 0.222. The van der Waals surface area contributed by atoms with Crippen LogP contribution in [0.1, 0.15) is 23.6 Å². The van der Waals surface area contributed by atoms with Gasteiger partial charge in [-0.05, 0) is 12.5 Å². The summed E-state index contributed by atoms with van der Waals surface area (Å²) in [4.78, 5) is 0. The Morgan fingerprint density at radius 2 is 1.54 bits per heavy atom. The number of sulfone groups is 1. The number of benzene rings is 2. The first-order chi connectivity index (χ1) is 11.5. The normalized spacial score (nSPS) is 12.9. The van der Waals surface area contributed by atoms with Gasteiger partial charge in [-0.1, -0.05) is 60.7 Å². The molecule has 5 nitrogen and oxygen atoms in total. The van der Waals surface area contributed by atoms with Crippen molar-refractivity contribution in [2.45, 2.75) is 17.9 Å². The van der Waals surface area contributed by atoms with E-state index in [1.165, 1.54) is 0 Å². The van der Waals surface area contributed by atoms with Gasteiger partial charge < -0.3 is 4.57 Å². The lowest BCUT2D eigenvalue weighted by molar-refractivity contribution is 0.582. The third-order valence-electron chi connectivity index (χ3n) is 4.13. The molecule has 0 radical (unpaired) electrons. The molecule has 0 amide bonds. The standard InChI is InChI=1S/C18H19N3O2S/c1-14(15-9-5-3-6-10-15)24(22,23)13-17-19-20-18(21(17)2)16-11-7-4-8-12-16/h3-12,14H,13H2,1-2H3. The van der Waals surface area contributed by atoms with Crippen molar-refractivity contribution in [3.05, 3.63) is 72.1 Å². The lowest BCUT2D eigenvalue weighted by Crippen LogP contribution is -2.15. The second kappa shape index (κ2) is 6.57. The van der Waals surface area contributed by atoms with Gasteiger partial charge >= 0.3 is 0 Å². The lowest BCUT2D eigenvalue weighted by Gasteiger charge is -2.13. The molecule has 1 aromatic heterocycles. The van der Waals surface area contributed by atoms with Crippen LogP contribution in [0.3, 0.4) is 0 Å². The molecule has 124 valence electrons. The van der Waals surface area contributed by atoms with Crippen LogP contribution >= 0.6 is 0 Å². The van der Waals surface area contributed by atoms with E-state index in [4.69, 9.17) is 0 Å². The van der Waals surface area contributed by atoms with Crippen LogP contribution in [0.5, 0.6) is 0 Å². The Hall–Kier alpha value is -2.47. The Labute approximate surface area is 141 Å². The van der Waals surface area contributed by atoms with Crippen molar-refractivity contribution < 1.29 is 8.42 Å². The Morgan fingerprint density at radius 1 is 0.958 bits per heavy atom. The zero-order chi connectivity index (χ0) is 17.2. The van der Waals surface area contributed by atoms with E-state index in [0.717, 1.165) is 11.1 Å². The Balaban J connectivity index is 1.88. The summed E-state index contributed by atoms with van der Waals surface area (Å²) >= 11 is 0. The van der Waals surface area contributed by atoms with Crippen molar-refractivity contribution in [2.24, 2.45) is 7.05 Å². The van der Waals surface area contributed by atoms with Crippen LogP contribution in [0.15, 0.2) is 60.7 Å². The molecule has 2 aromatic carbocycles. The molecule has 1 heterocycles. The van der Waals surface area contributed by atoms with Gasteiger partial charge in [-0.15, -0.1) is 10.2 Å². The van der Waals surface area contributed by atoms with E-state index in [-0.39, 0.29) is 5.75 Å². The molecular formula is C18H19N3O2S. The summed E-state index contributed by atoms with van der Waals surface area (Å²) in [5, 5.41) is 7.65. The summed E-state index contributed by atoms with van der Waals surface area (Å²) in [6, 6.07) is 18.8. The Morgan fingerprint density at radius 3 is 2.17 bits per heavy atom. The maximum Gasteiger partial charge on any atom is 0.164 e. The summed E-state index contributed by atoms with van der Waals surface area (Å²) in [5.74, 6) is 0.962. The number of nitrogens with zero attached hydrogens (tertiary/aromatic N) is 3. The lowest BCUT2D eigenvalue weighted by atomic mass is 10.2. The van der Waals surface area contributed by atoms with Gasteiger partial charge in [0.1, 0.15) is 11.6 Å². The van der Waals surface area contributed by atoms with Crippen LogP contribution in [-0.4, -0.2) is 23.2 Å². The Kier molecular flexibility index (Phi) is 4.49. The summed E-state index contributed by atoms with van der Waals surface area (Å²) in [6.07, 6.45) is 0. The van der Waals surface area contributed by atoms with E-state index < -0.39 is 15.1 Å². The van der Waals surface area contributed by atoms with E-state index in [1.54, 1.807) is 18.5 Å². The predicted octanol–water partition coefficient (Wildman–Crippen LogP) is 3.16. The highest BCUT2D eigenvalue weighted by atomic mass is 32.2. The average Bonchev–Trinajstić information content (AvgIpc) is 2.96. The SMILES string of the molecule is CC(c1ccccc1)S(=O)(=O)Cc1nnc(-c2ccccc2)n1C. The van der Waals surface area contributed by atoms with Crippen molar-refractivity contribution in [3.8, 4) is 11.4 Å². The number of hydrogen-bond donors (Lipinski definition) is 0. The van der Waals surface area contributed by atoms with Gasteiger partial charge in [0, 0.05) is 12.6 Å². The minimum Gasteiger partial charge on any atom is -0.313 e. The van der Waals surface area contributed by atoms with Crippen LogP contribution in [0.4, 0.5) is 0 Å². The second-order valence-corrected chi connectivity index (χ2v) is 8.05. The smallest absolute Gasteiger partial charge is 0.164 e. The zero-order valence-corrected chi connectivity index (χ0v) is 14.4. The van der Waals surface area contributed by atoms with E-state index in [9.17, 15) is 8.42 Å². The Bertz CT molecular complexity index is 919. The van der Waals surface area contributed by atoms with Crippen LogP contribution < -0.4 is 0 Å². The van der Waals surface area contributed by atoms with E-state index >= 15 is 0 Å². The van der Waals surface area contributed by atoms with Gasteiger partial charge in [0.15, 0.2) is 15.7 Å². The first-order valence-corrected chi connectivity index (χ1v) is 9.41. The molecule has 0 saturated carbocycles. The summed E-state index contributed by atoms with van der Waals surface area (Å²) < 4.78 is 27.2. The van der Waals surface area contributed by atoms with E-state index in [0.29, 0.717) is 11.6 Å². The number of hydrogen-bond acceptors (Lipinski definition) is 4. The monoisotopic (exact) mass is 341 g/mol. The predicted molar refractivity (Wildman–Crippen MR) is 93.9 cm³/mol. The molecule has 3 aromatic rings. The minimum absolute atomic E-state index is 0.139. The van der Waals surface area contributed by atoms with Gasteiger partial charge in [0.25, 0.3) is 0 Å². The molecule has 1 atom stereocenters. The number of rotatable bonds is 5. The molecule has 0 saturated heterocycles. The largest absolute Gasteiger partial charge is 0.313 e. The summed E-state index contributed by atoms with van der Waals surface area (Å²) in [5.41, 5.74) is 1.69. The molecule has 0 fully saturated rings. The number of aromatic nitrogens is 3. The van der Waals surface area contributed by atoms with Gasteiger partial charge in [0.2, 0.25) is 0 Å². The molecule has 0 N–H and O–H groups in total. The molecule has 0 aliphatic rings. The molecule has 1 unspecified atom stereocenters. The van der Waals surface area contributed by atoms with Crippen molar-refractivity contribution in [1.82, 2.24) is 14.8 Å². The third kappa shape index (κ3) is 3.23. The topological polar surface area (TPSA) is 64.8 Å². The molecule has 0 aliphatic heterocycles. The van der Waals surface area contributed by atoms with Gasteiger partial charge in [0.05, 0.1) is 5.25 Å². The highest BCUT2D eigenvalue weighted by Crippen LogP contribution is 2.25. The average molecular weight is 341 g/mol. The van der Waals surface area contributed by atoms with Crippen LogP contribution in [0.2, 0.25) is 0 Å². The molecule has 24 heavy (non-hydrogen) atoms. The highest BCUT2D eigenvalue weighted by Gasteiger charge is 2.25. The fourth-order valence-electron chi connectivity index (χ4n) is 2.56. The molecule has 0 aliphatic carbocycles. The molecule has 0 bridgehead atoms. The van der Waals surface area contributed by atoms with Gasteiger partial charge in [-0.25, -0.2) is 8.42 Å². The second-order valence-electron chi connectivity index (χ2n) is 5.72. The first-order valence-electron chi connectivity index (χ1n) is 7.69. The summed E-state index contributed by atoms with van der Waals surface area (Å²) in [6.45, 7) is 1.71. The quantitative estimate of drug-likeness (QED) is 0.715. The minimum atomic E-state index is -3.38. The maximum atomic E-state index is 12.7. The highest BCUT2D eigenvalue weighted by molar-refractivity contribution is 7.90. The summed E-state index contributed by atoms with van der Waals surface area (Å²) in [7, 11) is -1.59. The zero-order valence-electron chi connectivity index (χ0n) is 13.6. The van der Waals surface area contributed by atoms with Crippen molar-refractivity contribution in [1.29, 1.82) is 0 Å². The van der Waals surface area contributed by atoms with Gasteiger partial charge in [-0.2, -0.15) is 0 Å². The molecular weight excluding hydrogens is 322 g/mol. The van der Waals surface area contributed by atoms with Crippen molar-refractivity contribution >= 4 is 9.84 Å². The van der Waals surface area contributed by atoms with Crippen molar-refractivity contribution in [3.63, 3.8) is 0 Å². The van der Waals surface area contributed by atoms with E-state index in [2.05, 4.69) is 10.2 Å². The van der Waals surface area contributed by atoms with Crippen molar-refractivity contribution in [2.75, 3.05) is 0 Å². The van der Waals surface area contributed by atoms with Crippen LogP contribution in [-0.2, 0) is 22.6 Å². The maximum absolute atomic E-state index is 12.7. The van der Waals surface area contributed by atoms with Crippen LogP contribution in [0.25, 0.3) is 11.4 Å². The fourth-order valence-corrected chi connectivity index (χ4v) is 4.00. The molecule has 3 rings (SSSR count). The molecule has 6 heteroatoms. The first kappa shape index (κ1) is 16.4. The van der Waals surface area contributed by atoms with Crippen LogP contribution in [0, 0.1) is 0 Å². The molecule has 0 spiro atoms. The third-order valence-corrected chi connectivity index (χ3v) is 6.15. The van der Waals surface area contributed by atoms with Gasteiger partial charge in [-0.3, -0.25) is 0 Å².